The molecule has 0 unspecified atom stereocenters. The molecule has 0 saturated carbocycles. The van der Waals surface area contributed by atoms with Crippen LogP contribution in [-0.4, -0.2) is 16.2 Å². The molecule has 0 radical (unpaired) electrons. The Morgan fingerprint density at radius 3 is 2.58 bits per heavy atom. The first kappa shape index (κ1) is 8.18. The number of aromatic nitrogens is 2. The van der Waals surface area contributed by atoms with Crippen LogP contribution < -0.4 is 11.3 Å². The van der Waals surface area contributed by atoms with Gasteiger partial charge >= 0.3 is 6.03 Å². The summed E-state index contributed by atoms with van der Waals surface area (Å²) >= 11 is 0. The second-order valence-electron chi connectivity index (χ2n) is 2.09. The number of hydrogen-bond acceptors (Lipinski definition) is 3. The molecule has 0 bridgehead atoms. The van der Waals surface area contributed by atoms with E-state index in [0.717, 1.165) is 0 Å². The fourth-order valence-corrected chi connectivity index (χ4v) is 0.659. The van der Waals surface area contributed by atoms with E-state index in [0.29, 0.717) is 5.69 Å². The highest BCUT2D eigenvalue weighted by atomic mass is 16.2. The SMILES string of the molecule is Cc1[nH][nH]c(=O)c1N=NC(N)=O. The van der Waals surface area contributed by atoms with Crippen molar-refractivity contribution < 1.29 is 4.79 Å². The second-order valence-corrected chi connectivity index (χ2v) is 2.09. The van der Waals surface area contributed by atoms with Crippen LogP contribution in [-0.2, 0) is 0 Å². The largest absolute Gasteiger partial charge is 0.356 e. The third kappa shape index (κ3) is 1.57. The van der Waals surface area contributed by atoms with Crippen LogP contribution in [0.15, 0.2) is 15.0 Å². The molecular weight excluding hydrogens is 162 g/mol. The average molecular weight is 169 g/mol. The Kier molecular flexibility index (Phi) is 2.04. The van der Waals surface area contributed by atoms with E-state index in [1.807, 2.05) is 0 Å². The predicted molar refractivity (Wildman–Crippen MR) is 40.2 cm³/mol. The molecule has 0 aliphatic rings. The number of aromatic amines is 2. The number of nitrogens with one attached hydrogen (secondary N) is 2. The highest BCUT2D eigenvalue weighted by molar-refractivity contribution is 5.72. The maximum Gasteiger partial charge on any atom is 0.356 e. The fourth-order valence-electron chi connectivity index (χ4n) is 0.659. The number of nitrogens with zero attached hydrogens (tertiary/aromatic N) is 2. The molecule has 0 aliphatic carbocycles. The predicted octanol–water partition coefficient (Wildman–Crippen LogP) is 0.174. The number of azo groups is 1. The lowest BCUT2D eigenvalue weighted by atomic mass is 10.4. The molecule has 1 aromatic rings. The van der Waals surface area contributed by atoms with Crippen molar-refractivity contribution in [2.75, 3.05) is 0 Å². The Labute approximate surface area is 66.7 Å². The van der Waals surface area contributed by atoms with Gasteiger partial charge in [0, 0.05) is 0 Å². The molecule has 0 aromatic carbocycles. The van der Waals surface area contributed by atoms with E-state index < -0.39 is 11.6 Å². The van der Waals surface area contributed by atoms with Crippen LogP contribution in [0.4, 0.5) is 10.5 Å². The van der Waals surface area contributed by atoms with E-state index in [4.69, 9.17) is 0 Å². The second kappa shape index (κ2) is 2.99. The van der Waals surface area contributed by atoms with Gasteiger partial charge in [-0.1, -0.05) is 5.11 Å². The lowest BCUT2D eigenvalue weighted by Gasteiger charge is -1.83. The summed E-state index contributed by atoms with van der Waals surface area (Å²) in [5.74, 6) is 0. The Bertz CT molecular complexity index is 373. The van der Waals surface area contributed by atoms with Crippen molar-refractivity contribution in [3.05, 3.63) is 16.0 Å². The van der Waals surface area contributed by atoms with Gasteiger partial charge < -0.3 is 10.8 Å². The topological polar surface area (TPSA) is 116 Å². The lowest BCUT2D eigenvalue weighted by Crippen LogP contribution is -2.03. The van der Waals surface area contributed by atoms with Crippen molar-refractivity contribution in [1.29, 1.82) is 0 Å². The monoisotopic (exact) mass is 169 g/mol. The van der Waals surface area contributed by atoms with Gasteiger partial charge in [0.25, 0.3) is 5.56 Å². The normalized spacial score (nSPS) is 10.8. The summed E-state index contributed by atoms with van der Waals surface area (Å²) in [5, 5.41) is 11.1. The highest BCUT2D eigenvalue weighted by Crippen LogP contribution is 2.08. The van der Waals surface area contributed by atoms with Crippen LogP contribution in [0.25, 0.3) is 0 Å². The van der Waals surface area contributed by atoms with Gasteiger partial charge in [-0.05, 0) is 6.92 Å². The Morgan fingerprint density at radius 2 is 2.17 bits per heavy atom. The zero-order valence-corrected chi connectivity index (χ0v) is 6.29. The molecule has 4 N–H and O–H groups in total. The minimum Gasteiger partial charge on any atom is -0.348 e. The van der Waals surface area contributed by atoms with E-state index in [2.05, 4.69) is 26.2 Å². The first-order chi connectivity index (χ1) is 5.61. The van der Waals surface area contributed by atoms with Gasteiger partial charge in [0.2, 0.25) is 0 Å². The van der Waals surface area contributed by atoms with E-state index in [1.165, 1.54) is 0 Å². The molecule has 1 rings (SSSR count). The number of carbonyl (C=O) groups excluding carboxylic acids is 1. The van der Waals surface area contributed by atoms with Crippen LogP contribution in [0.5, 0.6) is 0 Å². The van der Waals surface area contributed by atoms with Gasteiger partial charge in [-0.15, -0.1) is 5.11 Å². The molecule has 2 amide bonds. The molecule has 1 aromatic heterocycles. The molecule has 12 heavy (non-hydrogen) atoms. The minimum absolute atomic E-state index is 0.0637. The lowest BCUT2D eigenvalue weighted by molar-refractivity contribution is 0.255. The number of nitrogens with two attached hydrogens (primary N) is 1. The Balaban J connectivity index is 3.03. The maximum absolute atomic E-state index is 10.9. The number of amides is 2. The number of hydrogen-bond donors (Lipinski definition) is 3. The quantitative estimate of drug-likeness (QED) is 0.520. The molecule has 1 heterocycles. The zero-order chi connectivity index (χ0) is 9.14. The van der Waals surface area contributed by atoms with Crippen molar-refractivity contribution in [3.8, 4) is 0 Å². The summed E-state index contributed by atoms with van der Waals surface area (Å²) in [6, 6.07) is -0.935. The van der Waals surface area contributed by atoms with Gasteiger partial charge in [-0.3, -0.25) is 9.89 Å². The average Bonchev–Trinajstić information content (AvgIpc) is 2.28. The van der Waals surface area contributed by atoms with Crippen LogP contribution >= 0.6 is 0 Å². The number of primary amides is 1. The van der Waals surface area contributed by atoms with Gasteiger partial charge in [0.05, 0.1) is 5.69 Å². The van der Waals surface area contributed by atoms with E-state index in [9.17, 15) is 9.59 Å². The van der Waals surface area contributed by atoms with Gasteiger partial charge in [-0.25, -0.2) is 4.79 Å². The number of H-pyrrole nitrogens is 2. The van der Waals surface area contributed by atoms with Crippen molar-refractivity contribution in [2.24, 2.45) is 16.0 Å². The Morgan fingerprint density at radius 1 is 1.50 bits per heavy atom. The van der Waals surface area contributed by atoms with Gasteiger partial charge in [-0.2, -0.15) is 0 Å². The van der Waals surface area contributed by atoms with Crippen LogP contribution in [0, 0.1) is 6.92 Å². The molecular formula is C5H7N5O2. The summed E-state index contributed by atoms with van der Waals surface area (Å²) in [5.41, 5.74) is 4.82. The van der Waals surface area contributed by atoms with Crippen molar-refractivity contribution >= 4 is 11.7 Å². The van der Waals surface area contributed by atoms with Crippen molar-refractivity contribution in [1.82, 2.24) is 10.2 Å². The maximum atomic E-state index is 10.9. The number of aryl methyl sites for hydroxylation is 1. The molecule has 7 heteroatoms. The standard InChI is InChI=1S/C5H7N5O2/c1-2-3(4(11)9-7-2)8-10-5(6)12/h1H3,(H2,6,12)(H2,7,9,11). The van der Waals surface area contributed by atoms with Crippen LogP contribution in [0.1, 0.15) is 5.69 Å². The molecule has 0 fully saturated rings. The summed E-state index contributed by atoms with van der Waals surface area (Å²) in [6.45, 7) is 1.62. The molecule has 64 valence electrons. The summed E-state index contributed by atoms with van der Waals surface area (Å²) in [6.07, 6.45) is 0. The van der Waals surface area contributed by atoms with E-state index >= 15 is 0 Å². The smallest absolute Gasteiger partial charge is 0.348 e. The van der Waals surface area contributed by atoms with Crippen molar-refractivity contribution in [2.45, 2.75) is 6.92 Å². The number of urea groups is 1. The van der Waals surface area contributed by atoms with Gasteiger partial charge in [0.15, 0.2) is 5.69 Å². The van der Waals surface area contributed by atoms with Crippen molar-refractivity contribution in [3.63, 3.8) is 0 Å². The summed E-state index contributed by atoms with van der Waals surface area (Å²) in [7, 11) is 0. The summed E-state index contributed by atoms with van der Waals surface area (Å²) in [4.78, 5) is 21.0. The Hall–Kier alpha value is -1.92. The number of carbonyl (C=O) groups is 1. The first-order valence-electron chi connectivity index (χ1n) is 3.09. The van der Waals surface area contributed by atoms with E-state index in [1.54, 1.807) is 6.92 Å². The third-order valence-electron chi connectivity index (χ3n) is 1.18. The zero-order valence-electron chi connectivity index (χ0n) is 6.29. The highest BCUT2D eigenvalue weighted by Gasteiger charge is 2.03. The molecule has 0 spiro atoms. The fraction of sp³-hybridized carbons (Fsp3) is 0.200. The molecule has 0 saturated heterocycles. The summed E-state index contributed by atoms with van der Waals surface area (Å²) < 4.78 is 0. The molecule has 0 aliphatic heterocycles. The molecule has 7 nitrogen and oxygen atoms in total. The minimum atomic E-state index is -0.935. The van der Waals surface area contributed by atoms with Crippen LogP contribution in [0.2, 0.25) is 0 Å². The first-order valence-corrected chi connectivity index (χ1v) is 3.09. The third-order valence-corrected chi connectivity index (χ3v) is 1.18. The molecule has 0 atom stereocenters. The van der Waals surface area contributed by atoms with Crippen LogP contribution in [0.3, 0.4) is 0 Å². The number of rotatable bonds is 1. The van der Waals surface area contributed by atoms with E-state index in [-0.39, 0.29) is 5.69 Å². The van der Waals surface area contributed by atoms with Gasteiger partial charge in [0.1, 0.15) is 0 Å².